The van der Waals surface area contributed by atoms with Gasteiger partial charge in [0.2, 0.25) is 0 Å². The molecule has 0 aromatic rings. The van der Waals surface area contributed by atoms with E-state index in [9.17, 15) is 0 Å². The van der Waals surface area contributed by atoms with Gasteiger partial charge < -0.3 is 4.74 Å². The fraction of sp³-hybridized carbons (Fsp3) is 0.929. The molecule has 3 saturated carbocycles. The number of methoxy groups -OCH3 is 1. The molecule has 4 aliphatic rings. The summed E-state index contributed by atoms with van der Waals surface area (Å²) in [6.45, 7) is 12.7. The molecule has 1 heteroatoms. The van der Waals surface area contributed by atoms with Crippen molar-refractivity contribution in [1.29, 1.82) is 0 Å². The monoisotopic (exact) mass is 400 g/mol. The Morgan fingerprint density at radius 2 is 1.79 bits per heavy atom. The van der Waals surface area contributed by atoms with Crippen LogP contribution >= 0.6 is 0 Å². The number of ether oxygens (including phenoxy) is 1. The highest BCUT2D eigenvalue weighted by Crippen LogP contribution is 2.67. The first-order valence-electron chi connectivity index (χ1n) is 13.0. The summed E-state index contributed by atoms with van der Waals surface area (Å²) in [7, 11) is 1.91. The summed E-state index contributed by atoms with van der Waals surface area (Å²) in [5, 5.41) is 0. The lowest BCUT2D eigenvalue weighted by Crippen LogP contribution is -2.50. The van der Waals surface area contributed by atoms with Gasteiger partial charge in [0.1, 0.15) is 0 Å². The molecule has 166 valence electrons. The Morgan fingerprint density at radius 3 is 2.52 bits per heavy atom. The van der Waals surface area contributed by atoms with Crippen LogP contribution in [-0.2, 0) is 4.74 Å². The van der Waals surface area contributed by atoms with E-state index in [-0.39, 0.29) is 0 Å². The molecule has 0 aliphatic heterocycles. The number of hydrogen-bond acceptors (Lipinski definition) is 1. The van der Waals surface area contributed by atoms with Gasteiger partial charge in [0.05, 0.1) is 6.10 Å². The predicted molar refractivity (Wildman–Crippen MR) is 124 cm³/mol. The van der Waals surface area contributed by atoms with Crippen LogP contribution in [0.15, 0.2) is 11.6 Å². The second-order valence-corrected chi connectivity index (χ2v) is 12.4. The first-order chi connectivity index (χ1) is 13.8. The molecule has 29 heavy (non-hydrogen) atoms. The van der Waals surface area contributed by atoms with Crippen molar-refractivity contribution in [3.8, 4) is 0 Å². The SMILES string of the molecule is CO[C@H]1CC[C@@]2(C)C(=CCC3C4CCC([C@H](C)CCCC(C)C)[C@@]4(C)CCC32)C1. The molecule has 0 spiro atoms. The zero-order valence-corrected chi connectivity index (χ0v) is 20.3. The van der Waals surface area contributed by atoms with Crippen LogP contribution in [0.5, 0.6) is 0 Å². The van der Waals surface area contributed by atoms with Crippen molar-refractivity contribution in [3.63, 3.8) is 0 Å². The first kappa shape index (κ1) is 21.9. The van der Waals surface area contributed by atoms with Crippen molar-refractivity contribution >= 4 is 0 Å². The molecule has 0 bridgehead atoms. The van der Waals surface area contributed by atoms with Gasteiger partial charge in [-0.3, -0.25) is 0 Å². The third-order valence-corrected chi connectivity index (χ3v) is 10.6. The maximum Gasteiger partial charge on any atom is 0.0608 e. The minimum atomic E-state index is 0.472. The molecule has 0 heterocycles. The van der Waals surface area contributed by atoms with Crippen molar-refractivity contribution in [1.82, 2.24) is 0 Å². The van der Waals surface area contributed by atoms with Crippen LogP contribution in [0, 0.1) is 46.3 Å². The van der Waals surface area contributed by atoms with E-state index in [4.69, 9.17) is 4.74 Å². The Morgan fingerprint density at radius 1 is 1.00 bits per heavy atom. The van der Waals surface area contributed by atoms with Gasteiger partial charge in [0.25, 0.3) is 0 Å². The van der Waals surface area contributed by atoms with Gasteiger partial charge in [0.15, 0.2) is 0 Å². The van der Waals surface area contributed by atoms with Gasteiger partial charge >= 0.3 is 0 Å². The maximum absolute atomic E-state index is 5.75. The van der Waals surface area contributed by atoms with E-state index < -0.39 is 0 Å². The summed E-state index contributed by atoms with van der Waals surface area (Å²) in [4.78, 5) is 0. The number of hydrogen-bond donors (Lipinski definition) is 0. The highest BCUT2D eigenvalue weighted by Gasteiger charge is 2.59. The van der Waals surface area contributed by atoms with Crippen LogP contribution in [0.2, 0.25) is 0 Å². The maximum atomic E-state index is 5.75. The van der Waals surface area contributed by atoms with Crippen molar-refractivity contribution in [2.75, 3.05) is 7.11 Å². The molecule has 0 amide bonds. The Balaban J connectivity index is 1.48. The molecule has 4 aliphatic carbocycles. The number of allylic oxidation sites excluding steroid dienone is 1. The minimum Gasteiger partial charge on any atom is -0.381 e. The Kier molecular flexibility index (Phi) is 6.29. The van der Waals surface area contributed by atoms with Crippen LogP contribution in [0.3, 0.4) is 0 Å². The summed E-state index contributed by atoms with van der Waals surface area (Å²) < 4.78 is 5.75. The average Bonchev–Trinajstić information content (AvgIpc) is 3.04. The van der Waals surface area contributed by atoms with Gasteiger partial charge in [0, 0.05) is 7.11 Å². The summed E-state index contributed by atoms with van der Waals surface area (Å²) >= 11 is 0. The molecule has 4 rings (SSSR count). The molecule has 3 fully saturated rings. The highest BCUT2D eigenvalue weighted by molar-refractivity contribution is 5.25. The van der Waals surface area contributed by atoms with E-state index in [2.05, 4.69) is 40.7 Å². The second kappa shape index (κ2) is 8.33. The van der Waals surface area contributed by atoms with Crippen molar-refractivity contribution in [2.45, 2.75) is 111 Å². The smallest absolute Gasteiger partial charge is 0.0608 e. The second-order valence-electron chi connectivity index (χ2n) is 12.4. The van der Waals surface area contributed by atoms with Gasteiger partial charge in [-0.2, -0.15) is 0 Å². The zero-order valence-electron chi connectivity index (χ0n) is 20.3. The van der Waals surface area contributed by atoms with Crippen LogP contribution in [-0.4, -0.2) is 13.2 Å². The number of rotatable bonds is 6. The van der Waals surface area contributed by atoms with Crippen molar-refractivity contribution < 1.29 is 4.74 Å². The first-order valence-corrected chi connectivity index (χ1v) is 13.0. The molecule has 0 saturated heterocycles. The summed E-state index contributed by atoms with van der Waals surface area (Å²) in [6, 6.07) is 0. The Bertz CT molecular complexity index is 605. The molecule has 0 N–H and O–H groups in total. The summed E-state index contributed by atoms with van der Waals surface area (Å²) in [5.41, 5.74) is 2.85. The van der Waals surface area contributed by atoms with Crippen LogP contribution in [0.25, 0.3) is 0 Å². The zero-order chi connectivity index (χ0) is 20.8. The standard InChI is InChI=1S/C28H48O/c1-19(2)8-7-9-20(3)24-12-13-25-23-11-10-21-18-22(29-6)14-16-27(21,4)26(23)15-17-28(24,25)5/h10,19-20,22-26H,7-9,11-18H2,1-6H3/t20-,22+,23?,24?,25?,26?,27+,28-/m1/s1. The van der Waals surface area contributed by atoms with E-state index in [0.29, 0.717) is 16.9 Å². The van der Waals surface area contributed by atoms with Crippen molar-refractivity contribution in [2.24, 2.45) is 46.3 Å². The van der Waals surface area contributed by atoms with E-state index >= 15 is 0 Å². The fourth-order valence-electron chi connectivity index (χ4n) is 8.85. The normalized spacial score (nSPS) is 45.3. The fourth-order valence-corrected chi connectivity index (χ4v) is 8.85. The third-order valence-electron chi connectivity index (χ3n) is 10.6. The average molecular weight is 401 g/mol. The van der Waals surface area contributed by atoms with E-state index in [1.54, 1.807) is 5.57 Å². The minimum absolute atomic E-state index is 0.472. The molecule has 0 aromatic heterocycles. The van der Waals surface area contributed by atoms with Gasteiger partial charge in [-0.15, -0.1) is 0 Å². The van der Waals surface area contributed by atoms with Crippen LogP contribution in [0.1, 0.15) is 105 Å². The van der Waals surface area contributed by atoms with Gasteiger partial charge in [-0.05, 0) is 97.7 Å². The molecular formula is C28H48O. The van der Waals surface area contributed by atoms with E-state index in [1.165, 1.54) is 70.6 Å². The molecular weight excluding hydrogens is 352 g/mol. The number of fused-ring (bicyclic) bond motifs is 5. The van der Waals surface area contributed by atoms with Crippen molar-refractivity contribution in [3.05, 3.63) is 11.6 Å². The van der Waals surface area contributed by atoms with Gasteiger partial charge in [-0.1, -0.05) is 65.5 Å². The molecule has 0 radical (unpaired) electrons. The quantitative estimate of drug-likeness (QED) is 0.410. The lowest BCUT2D eigenvalue weighted by Gasteiger charge is -2.58. The molecule has 0 aromatic carbocycles. The molecule has 8 atom stereocenters. The van der Waals surface area contributed by atoms with Gasteiger partial charge in [-0.25, -0.2) is 0 Å². The lowest BCUT2D eigenvalue weighted by atomic mass is 9.47. The summed E-state index contributed by atoms with van der Waals surface area (Å²) in [6.07, 6.45) is 18.7. The third kappa shape index (κ3) is 3.77. The summed E-state index contributed by atoms with van der Waals surface area (Å²) in [5.74, 6) is 5.63. The predicted octanol–water partition coefficient (Wildman–Crippen LogP) is 8.04. The topological polar surface area (TPSA) is 9.23 Å². The van der Waals surface area contributed by atoms with E-state index in [0.717, 1.165) is 35.5 Å². The lowest BCUT2D eigenvalue weighted by molar-refractivity contribution is -0.0601. The van der Waals surface area contributed by atoms with E-state index in [1.807, 2.05) is 7.11 Å². The highest BCUT2D eigenvalue weighted by atomic mass is 16.5. The molecule has 4 unspecified atom stereocenters. The Labute approximate surface area is 181 Å². The molecule has 1 nitrogen and oxygen atoms in total. The largest absolute Gasteiger partial charge is 0.381 e. The Hall–Kier alpha value is -0.300. The van der Waals surface area contributed by atoms with Crippen LogP contribution in [0.4, 0.5) is 0 Å². The van der Waals surface area contributed by atoms with Crippen LogP contribution < -0.4 is 0 Å².